The molecular formula is C13H13FN2O. The topological polar surface area (TPSA) is 48.1 Å². The van der Waals surface area contributed by atoms with Gasteiger partial charge in [-0.3, -0.25) is 0 Å². The third kappa shape index (κ3) is 2.36. The average molecular weight is 232 g/mol. The van der Waals surface area contributed by atoms with E-state index in [0.717, 1.165) is 5.56 Å². The predicted molar refractivity (Wildman–Crippen MR) is 64.6 cm³/mol. The lowest BCUT2D eigenvalue weighted by molar-refractivity contribution is 0.462. The summed E-state index contributed by atoms with van der Waals surface area (Å²) < 4.78 is 18.6. The van der Waals surface area contributed by atoms with Gasteiger partial charge in [0.1, 0.15) is 11.6 Å². The number of aryl methyl sites for hydroxylation is 2. The summed E-state index contributed by atoms with van der Waals surface area (Å²) in [4.78, 5) is 4.05. The summed E-state index contributed by atoms with van der Waals surface area (Å²) in [5.41, 5.74) is 7.75. The van der Waals surface area contributed by atoms with E-state index in [4.69, 9.17) is 10.5 Å². The Hall–Kier alpha value is -2.10. The molecule has 3 nitrogen and oxygen atoms in total. The first-order chi connectivity index (χ1) is 8.08. The van der Waals surface area contributed by atoms with E-state index in [9.17, 15) is 4.39 Å². The monoisotopic (exact) mass is 232 g/mol. The molecule has 0 bridgehead atoms. The highest BCUT2D eigenvalue weighted by molar-refractivity contribution is 5.55. The summed E-state index contributed by atoms with van der Waals surface area (Å²) in [5.74, 6) is 0.604. The van der Waals surface area contributed by atoms with E-state index in [1.54, 1.807) is 31.3 Å². The van der Waals surface area contributed by atoms with Crippen molar-refractivity contribution in [1.29, 1.82) is 0 Å². The summed E-state index contributed by atoms with van der Waals surface area (Å²) in [6.07, 6.45) is 1.62. The van der Waals surface area contributed by atoms with Gasteiger partial charge in [0, 0.05) is 6.20 Å². The van der Waals surface area contributed by atoms with Gasteiger partial charge in [-0.15, -0.1) is 0 Å². The molecule has 0 radical (unpaired) electrons. The van der Waals surface area contributed by atoms with Gasteiger partial charge in [0.15, 0.2) is 0 Å². The Labute approximate surface area is 99.1 Å². The van der Waals surface area contributed by atoms with Gasteiger partial charge in [-0.1, -0.05) is 0 Å². The van der Waals surface area contributed by atoms with E-state index in [0.29, 0.717) is 22.9 Å². The predicted octanol–water partition coefficient (Wildman–Crippen LogP) is 3.21. The Bertz CT molecular complexity index is 555. The zero-order valence-corrected chi connectivity index (χ0v) is 9.70. The van der Waals surface area contributed by atoms with Gasteiger partial charge in [-0.25, -0.2) is 9.37 Å². The van der Waals surface area contributed by atoms with Gasteiger partial charge < -0.3 is 10.5 Å². The molecule has 2 rings (SSSR count). The molecule has 0 amide bonds. The number of ether oxygens (including phenoxy) is 1. The number of rotatable bonds is 2. The first-order valence-electron chi connectivity index (χ1n) is 5.23. The summed E-state index contributed by atoms with van der Waals surface area (Å²) in [7, 11) is 0. The highest BCUT2D eigenvalue weighted by Gasteiger charge is 2.07. The van der Waals surface area contributed by atoms with Crippen LogP contribution in [-0.2, 0) is 0 Å². The molecule has 0 aliphatic heterocycles. The lowest BCUT2D eigenvalue weighted by Crippen LogP contribution is -1.97. The summed E-state index contributed by atoms with van der Waals surface area (Å²) >= 11 is 0. The van der Waals surface area contributed by atoms with Gasteiger partial charge in [0.05, 0.1) is 5.69 Å². The molecule has 4 heteroatoms. The van der Waals surface area contributed by atoms with Gasteiger partial charge in [-0.2, -0.15) is 0 Å². The summed E-state index contributed by atoms with van der Waals surface area (Å²) in [6, 6.07) is 6.32. The Balaban J connectivity index is 2.31. The van der Waals surface area contributed by atoms with Crippen LogP contribution in [0.4, 0.5) is 10.1 Å². The van der Waals surface area contributed by atoms with Crippen LogP contribution in [0.1, 0.15) is 11.1 Å². The van der Waals surface area contributed by atoms with E-state index in [1.807, 2.05) is 6.92 Å². The van der Waals surface area contributed by atoms with E-state index in [2.05, 4.69) is 4.98 Å². The minimum atomic E-state index is -0.262. The van der Waals surface area contributed by atoms with Crippen LogP contribution in [0.3, 0.4) is 0 Å². The number of aromatic nitrogens is 1. The van der Waals surface area contributed by atoms with Crippen LogP contribution in [0.5, 0.6) is 11.6 Å². The summed E-state index contributed by atoms with van der Waals surface area (Å²) in [6.45, 7) is 3.55. The lowest BCUT2D eigenvalue weighted by atomic mass is 10.2. The molecule has 1 heterocycles. The maximum Gasteiger partial charge on any atom is 0.242 e. The molecule has 1 aromatic heterocycles. The van der Waals surface area contributed by atoms with Crippen molar-refractivity contribution in [3.8, 4) is 11.6 Å². The molecule has 0 spiro atoms. The van der Waals surface area contributed by atoms with Crippen molar-refractivity contribution in [2.45, 2.75) is 13.8 Å². The molecular weight excluding hydrogens is 219 g/mol. The number of hydrogen-bond donors (Lipinski definition) is 1. The molecule has 17 heavy (non-hydrogen) atoms. The highest BCUT2D eigenvalue weighted by Crippen LogP contribution is 2.27. The van der Waals surface area contributed by atoms with E-state index in [-0.39, 0.29) is 5.82 Å². The largest absolute Gasteiger partial charge is 0.437 e. The molecule has 0 aliphatic rings. The fourth-order valence-corrected chi connectivity index (χ4v) is 1.42. The number of nitrogen functional groups attached to an aromatic ring is 1. The number of nitrogens with zero attached hydrogens (tertiary/aromatic N) is 1. The van der Waals surface area contributed by atoms with Crippen molar-refractivity contribution in [2.75, 3.05) is 5.73 Å². The van der Waals surface area contributed by atoms with Gasteiger partial charge in [-0.05, 0) is 49.2 Å². The number of pyridine rings is 1. The first kappa shape index (κ1) is 11.4. The Morgan fingerprint density at radius 2 is 1.94 bits per heavy atom. The number of halogens is 1. The second-order valence-corrected chi connectivity index (χ2v) is 3.86. The van der Waals surface area contributed by atoms with Gasteiger partial charge in [0.2, 0.25) is 5.88 Å². The molecule has 0 unspecified atom stereocenters. The van der Waals surface area contributed by atoms with Crippen LogP contribution in [0.25, 0.3) is 0 Å². The fourth-order valence-electron chi connectivity index (χ4n) is 1.42. The molecule has 0 aliphatic carbocycles. The van der Waals surface area contributed by atoms with Crippen molar-refractivity contribution in [2.24, 2.45) is 0 Å². The van der Waals surface area contributed by atoms with E-state index in [1.165, 1.54) is 6.07 Å². The zero-order chi connectivity index (χ0) is 12.4. The Kier molecular flexibility index (Phi) is 2.95. The quantitative estimate of drug-likeness (QED) is 0.864. The molecule has 2 aromatic rings. The molecule has 2 N–H and O–H groups in total. The summed E-state index contributed by atoms with van der Waals surface area (Å²) in [5, 5.41) is 0. The minimum Gasteiger partial charge on any atom is -0.437 e. The van der Waals surface area contributed by atoms with Crippen molar-refractivity contribution < 1.29 is 9.13 Å². The molecule has 0 saturated carbocycles. The van der Waals surface area contributed by atoms with Crippen molar-refractivity contribution in [1.82, 2.24) is 4.98 Å². The van der Waals surface area contributed by atoms with Crippen LogP contribution in [-0.4, -0.2) is 4.98 Å². The van der Waals surface area contributed by atoms with Crippen molar-refractivity contribution in [3.05, 3.63) is 47.4 Å². The SMILES string of the molecule is Cc1cc(Oc2nccc(C)c2N)ccc1F. The molecule has 0 fully saturated rings. The molecule has 1 aromatic carbocycles. The smallest absolute Gasteiger partial charge is 0.242 e. The number of benzene rings is 1. The average Bonchev–Trinajstić information content (AvgIpc) is 2.30. The van der Waals surface area contributed by atoms with Crippen molar-refractivity contribution in [3.63, 3.8) is 0 Å². The normalized spacial score (nSPS) is 10.3. The number of nitrogens with two attached hydrogens (primary N) is 1. The highest BCUT2D eigenvalue weighted by atomic mass is 19.1. The zero-order valence-electron chi connectivity index (χ0n) is 9.70. The second kappa shape index (κ2) is 4.41. The van der Waals surface area contributed by atoms with E-state index >= 15 is 0 Å². The molecule has 0 saturated heterocycles. The first-order valence-corrected chi connectivity index (χ1v) is 5.23. The second-order valence-electron chi connectivity index (χ2n) is 3.86. The van der Waals surface area contributed by atoms with Crippen LogP contribution < -0.4 is 10.5 Å². The standard InChI is InChI=1S/C13H13FN2O/c1-8-5-6-16-13(12(8)15)17-10-3-4-11(14)9(2)7-10/h3-7H,15H2,1-2H3. The van der Waals surface area contributed by atoms with Gasteiger partial charge >= 0.3 is 0 Å². The third-order valence-electron chi connectivity index (χ3n) is 2.52. The Morgan fingerprint density at radius 1 is 1.18 bits per heavy atom. The fraction of sp³-hybridized carbons (Fsp3) is 0.154. The van der Waals surface area contributed by atoms with Crippen molar-refractivity contribution >= 4 is 5.69 Å². The number of hydrogen-bond acceptors (Lipinski definition) is 3. The van der Waals surface area contributed by atoms with Crippen LogP contribution >= 0.6 is 0 Å². The molecule has 0 atom stereocenters. The lowest BCUT2D eigenvalue weighted by Gasteiger charge is -2.09. The van der Waals surface area contributed by atoms with E-state index < -0.39 is 0 Å². The maximum absolute atomic E-state index is 13.1. The number of anilines is 1. The minimum absolute atomic E-state index is 0.262. The Morgan fingerprint density at radius 3 is 2.65 bits per heavy atom. The van der Waals surface area contributed by atoms with Crippen LogP contribution in [0, 0.1) is 19.7 Å². The molecule has 88 valence electrons. The maximum atomic E-state index is 13.1. The van der Waals surface area contributed by atoms with Crippen LogP contribution in [0.15, 0.2) is 30.5 Å². The van der Waals surface area contributed by atoms with Crippen LogP contribution in [0.2, 0.25) is 0 Å². The third-order valence-corrected chi connectivity index (χ3v) is 2.52. The van der Waals surface area contributed by atoms with Gasteiger partial charge in [0.25, 0.3) is 0 Å².